The fourth-order valence-corrected chi connectivity index (χ4v) is 2.95. The fourth-order valence-electron chi connectivity index (χ4n) is 2.95. The van der Waals surface area contributed by atoms with Crippen LogP contribution in [0.1, 0.15) is 25.7 Å². The Morgan fingerprint density at radius 3 is 2.43 bits per heavy atom. The molecule has 2 fully saturated rings. The van der Waals surface area contributed by atoms with Crippen LogP contribution in [0.25, 0.3) is 11.4 Å². The monoisotopic (exact) mass is 312 g/mol. The molecule has 0 atom stereocenters. The summed E-state index contributed by atoms with van der Waals surface area (Å²) in [6, 6.07) is 0.830. The van der Waals surface area contributed by atoms with Crippen molar-refractivity contribution in [2.45, 2.75) is 37.8 Å². The minimum Gasteiger partial charge on any atom is -0.377 e. The van der Waals surface area contributed by atoms with Crippen molar-refractivity contribution in [1.82, 2.24) is 19.9 Å². The first-order valence-corrected chi connectivity index (χ1v) is 8.12. The van der Waals surface area contributed by atoms with Gasteiger partial charge in [0.15, 0.2) is 11.6 Å². The standard InChI is InChI=1S/C16H20N6O/c1-2-4-12(3-1)21-16-14(20-13-8-23-9-13)7-19-15(22-16)11-5-17-10-18-6-11/h5-7,10,12-13,20H,1-4,8-9H2,(H,19,21,22). The van der Waals surface area contributed by atoms with Gasteiger partial charge in [-0.1, -0.05) is 12.8 Å². The summed E-state index contributed by atoms with van der Waals surface area (Å²) in [5, 5.41) is 7.03. The number of hydrogen-bond acceptors (Lipinski definition) is 7. The van der Waals surface area contributed by atoms with Gasteiger partial charge in [-0.2, -0.15) is 0 Å². The van der Waals surface area contributed by atoms with Crippen LogP contribution < -0.4 is 10.6 Å². The topological polar surface area (TPSA) is 84.9 Å². The number of hydrogen-bond donors (Lipinski definition) is 2. The maximum absolute atomic E-state index is 5.23. The molecule has 0 bridgehead atoms. The maximum Gasteiger partial charge on any atom is 0.164 e. The predicted molar refractivity (Wildman–Crippen MR) is 87.2 cm³/mol. The van der Waals surface area contributed by atoms with Crippen molar-refractivity contribution in [3.05, 3.63) is 24.9 Å². The van der Waals surface area contributed by atoms with Gasteiger partial charge < -0.3 is 15.4 Å². The Morgan fingerprint density at radius 2 is 1.74 bits per heavy atom. The van der Waals surface area contributed by atoms with E-state index in [1.165, 1.54) is 32.0 Å². The summed E-state index contributed by atoms with van der Waals surface area (Å²) in [6.45, 7) is 1.47. The van der Waals surface area contributed by atoms with Crippen molar-refractivity contribution in [2.75, 3.05) is 23.8 Å². The Hall–Kier alpha value is -2.28. The molecular weight excluding hydrogens is 292 g/mol. The van der Waals surface area contributed by atoms with Gasteiger partial charge in [0.2, 0.25) is 0 Å². The first-order valence-electron chi connectivity index (χ1n) is 8.12. The van der Waals surface area contributed by atoms with Crippen molar-refractivity contribution >= 4 is 11.5 Å². The number of nitrogens with zero attached hydrogens (tertiary/aromatic N) is 4. The van der Waals surface area contributed by atoms with Crippen molar-refractivity contribution < 1.29 is 4.74 Å². The highest BCUT2D eigenvalue weighted by Crippen LogP contribution is 2.28. The Labute approximate surface area is 134 Å². The van der Waals surface area contributed by atoms with E-state index in [9.17, 15) is 0 Å². The minimum absolute atomic E-state index is 0.341. The zero-order valence-corrected chi connectivity index (χ0v) is 12.9. The lowest BCUT2D eigenvalue weighted by molar-refractivity contribution is 0.0211. The molecule has 1 saturated carbocycles. The van der Waals surface area contributed by atoms with Gasteiger partial charge in [0.1, 0.15) is 6.33 Å². The van der Waals surface area contributed by atoms with E-state index in [-0.39, 0.29) is 0 Å². The van der Waals surface area contributed by atoms with Gasteiger partial charge in [-0.25, -0.2) is 19.9 Å². The van der Waals surface area contributed by atoms with Crippen LogP contribution in [0.5, 0.6) is 0 Å². The highest BCUT2D eigenvalue weighted by atomic mass is 16.5. The summed E-state index contributed by atoms with van der Waals surface area (Å²) < 4.78 is 5.23. The normalized spacial score (nSPS) is 18.6. The van der Waals surface area contributed by atoms with Crippen molar-refractivity contribution in [3.63, 3.8) is 0 Å². The molecule has 0 aromatic carbocycles. The van der Waals surface area contributed by atoms with Crippen LogP contribution in [0, 0.1) is 0 Å². The van der Waals surface area contributed by atoms with E-state index >= 15 is 0 Å². The number of nitrogens with one attached hydrogen (secondary N) is 2. The summed E-state index contributed by atoms with van der Waals surface area (Å²) in [6.07, 6.45) is 11.8. The average molecular weight is 312 g/mol. The summed E-state index contributed by atoms with van der Waals surface area (Å²) >= 11 is 0. The van der Waals surface area contributed by atoms with Gasteiger partial charge >= 0.3 is 0 Å². The third kappa shape index (κ3) is 3.24. The second kappa shape index (κ2) is 6.45. The van der Waals surface area contributed by atoms with Gasteiger partial charge in [0, 0.05) is 18.4 Å². The summed E-state index contributed by atoms with van der Waals surface area (Å²) in [5.41, 5.74) is 1.76. The van der Waals surface area contributed by atoms with Crippen molar-refractivity contribution in [1.29, 1.82) is 0 Å². The van der Waals surface area contributed by atoms with Crippen molar-refractivity contribution in [2.24, 2.45) is 0 Å². The molecule has 23 heavy (non-hydrogen) atoms. The molecule has 3 heterocycles. The van der Waals surface area contributed by atoms with Gasteiger partial charge in [0.05, 0.1) is 36.7 Å². The lowest BCUT2D eigenvalue weighted by Crippen LogP contribution is -2.40. The van der Waals surface area contributed by atoms with Crippen LogP contribution >= 0.6 is 0 Å². The molecule has 1 aliphatic heterocycles. The summed E-state index contributed by atoms with van der Waals surface area (Å²) in [4.78, 5) is 17.3. The first-order chi connectivity index (χ1) is 11.4. The second-order valence-corrected chi connectivity index (χ2v) is 6.09. The summed E-state index contributed by atoms with van der Waals surface area (Å²) in [7, 11) is 0. The number of aromatic nitrogens is 4. The molecule has 7 heteroatoms. The molecule has 2 aliphatic rings. The van der Waals surface area contributed by atoms with Crippen molar-refractivity contribution in [3.8, 4) is 11.4 Å². The molecule has 0 radical (unpaired) electrons. The van der Waals surface area contributed by atoms with Gasteiger partial charge in [0.25, 0.3) is 0 Å². The zero-order chi connectivity index (χ0) is 15.5. The highest BCUT2D eigenvalue weighted by Gasteiger charge is 2.22. The highest BCUT2D eigenvalue weighted by molar-refractivity contribution is 5.67. The van der Waals surface area contributed by atoms with E-state index in [1.807, 2.05) is 6.20 Å². The third-order valence-electron chi connectivity index (χ3n) is 4.30. The molecule has 0 amide bonds. The molecule has 2 aromatic heterocycles. The average Bonchev–Trinajstić information content (AvgIpc) is 3.06. The predicted octanol–water partition coefficient (Wildman–Crippen LogP) is 2.10. The lowest BCUT2D eigenvalue weighted by atomic mass is 10.2. The molecule has 120 valence electrons. The smallest absolute Gasteiger partial charge is 0.164 e. The van der Waals surface area contributed by atoms with Crippen LogP contribution in [0.15, 0.2) is 24.9 Å². The maximum atomic E-state index is 5.23. The quantitative estimate of drug-likeness (QED) is 0.874. The molecule has 0 unspecified atom stereocenters. The molecular formula is C16H20N6O. The molecule has 0 spiro atoms. The van der Waals surface area contributed by atoms with E-state index in [0.29, 0.717) is 17.9 Å². The van der Waals surface area contributed by atoms with Gasteiger partial charge in [-0.3, -0.25) is 0 Å². The lowest BCUT2D eigenvalue weighted by Gasteiger charge is -2.29. The molecule has 4 rings (SSSR count). The SMILES string of the molecule is c1ncc(-c2ncc(NC3COC3)c(NC3CCCC3)n2)cn1. The first kappa shape index (κ1) is 14.3. The van der Waals surface area contributed by atoms with E-state index in [4.69, 9.17) is 9.72 Å². The van der Waals surface area contributed by atoms with E-state index in [1.54, 1.807) is 12.4 Å². The van der Waals surface area contributed by atoms with Gasteiger partial charge in [-0.05, 0) is 12.8 Å². The van der Waals surface area contributed by atoms with Crippen LogP contribution in [-0.2, 0) is 4.74 Å². The second-order valence-electron chi connectivity index (χ2n) is 6.09. The molecule has 7 nitrogen and oxygen atoms in total. The van der Waals surface area contributed by atoms with E-state index in [0.717, 1.165) is 30.3 Å². The minimum atomic E-state index is 0.341. The Bertz CT molecular complexity index is 655. The van der Waals surface area contributed by atoms with Gasteiger partial charge in [-0.15, -0.1) is 0 Å². The number of rotatable bonds is 5. The van der Waals surface area contributed by atoms with Crippen LogP contribution in [0.3, 0.4) is 0 Å². The Morgan fingerprint density at radius 1 is 0.957 bits per heavy atom. The molecule has 1 saturated heterocycles. The fraction of sp³-hybridized carbons (Fsp3) is 0.500. The van der Waals surface area contributed by atoms with E-state index < -0.39 is 0 Å². The number of ether oxygens (including phenoxy) is 1. The Kier molecular flexibility index (Phi) is 4.02. The van der Waals surface area contributed by atoms with E-state index in [2.05, 4.69) is 25.6 Å². The van der Waals surface area contributed by atoms with Crippen LogP contribution in [0.4, 0.5) is 11.5 Å². The Balaban J connectivity index is 1.62. The molecule has 1 aliphatic carbocycles. The largest absolute Gasteiger partial charge is 0.377 e. The molecule has 2 N–H and O–H groups in total. The number of anilines is 2. The van der Waals surface area contributed by atoms with Crippen LogP contribution in [0.2, 0.25) is 0 Å². The zero-order valence-electron chi connectivity index (χ0n) is 12.9. The van der Waals surface area contributed by atoms with Crippen LogP contribution in [-0.4, -0.2) is 45.2 Å². The third-order valence-corrected chi connectivity index (χ3v) is 4.30. The molecule has 2 aromatic rings. The summed E-state index contributed by atoms with van der Waals surface area (Å²) in [5.74, 6) is 1.50.